The Balaban J connectivity index is 1.32. The Bertz CT molecular complexity index is 1400. The topological polar surface area (TPSA) is 68.4 Å². The van der Waals surface area contributed by atoms with Crippen molar-refractivity contribution in [2.45, 2.75) is 31.8 Å². The number of fused-ring (bicyclic) bond motifs is 1. The fourth-order valence-corrected chi connectivity index (χ4v) is 4.44. The van der Waals surface area contributed by atoms with Gasteiger partial charge in [0.1, 0.15) is 18.2 Å². The molecule has 1 fully saturated rings. The van der Waals surface area contributed by atoms with E-state index in [2.05, 4.69) is 10.3 Å². The third-order valence-electron chi connectivity index (χ3n) is 6.63. The summed E-state index contributed by atoms with van der Waals surface area (Å²) in [7, 11) is 0. The molecule has 0 unspecified atom stereocenters. The minimum absolute atomic E-state index is 0.0583. The quantitative estimate of drug-likeness (QED) is 0.308. The monoisotopic (exact) mass is 502 g/mol. The maximum atomic E-state index is 14.1. The minimum Gasteiger partial charge on any atom is -0.361 e. The summed E-state index contributed by atoms with van der Waals surface area (Å²) in [4.78, 5) is 33.0. The molecule has 0 saturated heterocycles. The van der Waals surface area contributed by atoms with E-state index in [9.17, 15) is 18.4 Å². The first-order chi connectivity index (χ1) is 18.0. The van der Waals surface area contributed by atoms with Gasteiger partial charge in [-0.1, -0.05) is 42.5 Å². The summed E-state index contributed by atoms with van der Waals surface area (Å²) < 4.78 is 27.6. The molecule has 8 heteroatoms. The van der Waals surface area contributed by atoms with Crippen LogP contribution in [0.5, 0.6) is 0 Å². The number of aromatic nitrogens is 1. The van der Waals surface area contributed by atoms with Crippen molar-refractivity contribution >= 4 is 28.5 Å². The molecule has 5 rings (SSSR count). The Kier molecular flexibility index (Phi) is 7.16. The highest BCUT2D eigenvalue weighted by molar-refractivity contribution is 5.93. The van der Waals surface area contributed by atoms with Crippen LogP contribution in [0.2, 0.25) is 0 Å². The number of anilines is 1. The number of urea groups is 1. The summed E-state index contributed by atoms with van der Waals surface area (Å²) in [6.45, 7) is 0.584. The number of halogens is 2. The molecule has 4 aromatic rings. The van der Waals surface area contributed by atoms with Gasteiger partial charge in [0.25, 0.3) is 0 Å². The molecule has 190 valence electrons. The van der Waals surface area contributed by atoms with Gasteiger partial charge < -0.3 is 20.1 Å². The number of aromatic amines is 1. The maximum Gasteiger partial charge on any atom is 0.322 e. The van der Waals surface area contributed by atoms with Gasteiger partial charge in [-0.25, -0.2) is 13.6 Å². The van der Waals surface area contributed by atoms with Gasteiger partial charge >= 0.3 is 6.03 Å². The number of H-pyrrole nitrogens is 1. The molecule has 37 heavy (non-hydrogen) atoms. The molecule has 3 aromatic carbocycles. The van der Waals surface area contributed by atoms with Crippen molar-refractivity contribution < 1.29 is 18.4 Å². The highest BCUT2D eigenvalue weighted by atomic mass is 19.1. The zero-order valence-corrected chi connectivity index (χ0v) is 20.3. The summed E-state index contributed by atoms with van der Waals surface area (Å²) in [5, 5.41) is 3.70. The number of para-hydroxylation sites is 2. The smallest absolute Gasteiger partial charge is 0.322 e. The van der Waals surface area contributed by atoms with Crippen molar-refractivity contribution in [3.63, 3.8) is 0 Å². The van der Waals surface area contributed by atoms with E-state index in [4.69, 9.17) is 0 Å². The number of hydrogen-bond acceptors (Lipinski definition) is 2. The average Bonchev–Trinajstić information content (AvgIpc) is 3.66. The number of benzene rings is 3. The van der Waals surface area contributed by atoms with Gasteiger partial charge in [0.2, 0.25) is 5.91 Å². The van der Waals surface area contributed by atoms with Gasteiger partial charge in [-0.15, -0.1) is 0 Å². The lowest BCUT2D eigenvalue weighted by atomic mass is 10.1. The van der Waals surface area contributed by atoms with E-state index < -0.39 is 11.8 Å². The van der Waals surface area contributed by atoms with Gasteiger partial charge in [0.05, 0.1) is 5.69 Å². The summed E-state index contributed by atoms with van der Waals surface area (Å²) in [5.74, 6) is -1.10. The first kappa shape index (κ1) is 24.5. The van der Waals surface area contributed by atoms with Gasteiger partial charge in [-0.3, -0.25) is 4.79 Å². The van der Waals surface area contributed by atoms with Crippen molar-refractivity contribution in [1.29, 1.82) is 0 Å². The number of carbonyl (C=O) groups is 2. The maximum absolute atomic E-state index is 14.1. The van der Waals surface area contributed by atoms with Crippen LogP contribution in [0.3, 0.4) is 0 Å². The van der Waals surface area contributed by atoms with Crippen LogP contribution in [0, 0.1) is 11.6 Å². The molecule has 1 aliphatic carbocycles. The molecule has 2 N–H and O–H groups in total. The Hall–Kier alpha value is -4.20. The van der Waals surface area contributed by atoms with Crippen molar-refractivity contribution in [2.24, 2.45) is 0 Å². The number of hydrogen-bond donors (Lipinski definition) is 2. The number of amides is 3. The zero-order valence-electron chi connectivity index (χ0n) is 20.3. The lowest BCUT2D eigenvalue weighted by Gasteiger charge is -2.28. The number of nitrogens with zero attached hydrogens (tertiary/aromatic N) is 2. The van der Waals surface area contributed by atoms with Crippen LogP contribution in [-0.4, -0.2) is 45.9 Å². The summed E-state index contributed by atoms with van der Waals surface area (Å²) in [6, 6.07) is 19.4. The molecule has 0 spiro atoms. The van der Waals surface area contributed by atoms with Crippen molar-refractivity contribution in [1.82, 2.24) is 14.8 Å². The molecule has 0 aliphatic heterocycles. The number of nitrogens with one attached hydrogen (secondary N) is 2. The van der Waals surface area contributed by atoms with Crippen molar-refractivity contribution in [3.8, 4) is 0 Å². The SMILES string of the molecule is O=C(CN(C(=O)Nc1ccccc1F)C1CC1)N(CCc1c[nH]c2ccccc12)Cc1ccc(F)cc1. The lowest BCUT2D eigenvalue weighted by molar-refractivity contribution is -0.132. The molecule has 1 saturated carbocycles. The zero-order chi connectivity index (χ0) is 25.8. The van der Waals surface area contributed by atoms with Crippen LogP contribution in [0.15, 0.2) is 79.0 Å². The predicted octanol–water partition coefficient (Wildman–Crippen LogP) is 5.71. The Labute approximate surface area is 213 Å². The largest absolute Gasteiger partial charge is 0.361 e. The Morgan fingerprint density at radius 1 is 0.946 bits per heavy atom. The second kappa shape index (κ2) is 10.8. The van der Waals surface area contributed by atoms with E-state index in [0.717, 1.165) is 34.9 Å². The van der Waals surface area contributed by atoms with Crippen LogP contribution in [-0.2, 0) is 17.8 Å². The van der Waals surface area contributed by atoms with Gasteiger partial charge in [-0.2, -0.15) is 0 Å². The summed E-state index contributed by atoms with van der Waals surface area (Å²) >= 11 is 0. The van der Waals surface area contributed by atoms with E-state index in [0.29, 0.717) is 13.0 Å². The molecule has 1 aliphatic rings. The first-order valence-electron chi connectivity index (χ1n) is 12.4. The highest BCUT2D eigenvalue weighted by Crippen LogP contribution is 2.28. The van der Waals surface area contributed by atoms with Crippen LogP contribution in [0.1, 0.15) is 24.0 Å². The number of rotatable bonds is 9. The molecule has 0 bridgehead atoms. The van der Waals surface area contributed by atoms with Crippen LogP contribution >= 0.6 is 0 Å². The third kappa shape index (κ3) is 5.97. The van der Waals surface area contributed by atoms with Crippen molar-refractivity contribution in [2.75, 3.05) is 18.4 Å². The fourth-order valence-electron chi connectivity index (χ4n) is 4.44. The molecular weight excluding hydrogens is 474 g/mol. The normalized spacial score (nSPS) is 12.9. The van der Waals surface area contributed by atoms with E-state index in [-0.39, 0.29) is 36.5 Å². The molecule has 0 radical (unpaired) electrons. The standard InChI is InChI=1S/C29H28F2N4O2/c30-22-11-9-20(10-12-22)18-34(16-15-21-17-32-26-7-3-1-5-24(21)26)28(36)19-35(23-13-14-23)29(37)33-27-8-4-2-6-25(27)31/h1-12,17,23,32H,13-16,18-19H2,(H,33,37). The van der Waals surface area contributed by atoms with E-state index in [1.54, 1.807) is 29.2 Å². The summed E-state index contributed by atoms with van der Waals surface area (Å²) in [6.07, 6.45) is 4.15. The second-order valence-electron chi connectivity index (χ2n) is 9.32. The van der Waals surface area contributed by atoms with Gasteiger partial charge in [0, 0.05) is 36.2 Å². The molecule has 1 aromatic heterocycles. The molecule has 3 amide bonds. The molecule has 0 atom stereocenters. The second-order valence-corrected chi connectivity index (χ2v) is 9.32. The first-order valence-corrected chi connectivity index (χ1v) is 12.4. The van der Waals surface area contributed by atoms with E-state index in [1.807, 2.05) is 30.5 Å². The fraction of sp³-hybridized carbons (Fsp3) is 0.241. The molecule has 6 nitrogen and oxygen atoms in total. The lowest BCUT2D eigenvalue weighted by Crippen LogP contribution is -2.46. The molecule has 1 heterocycles. The Morgan fingerprint density at radius 3 is 2.43 bits per heavy atom. The summed E-state index contributed by atoms with van der Waals surface area (Å²) in [5.41, 5.74) is 2.98. The predicted molar refractivity (Wildman–Crippen MR) is 139 cm³/mol. The highest BCUT2D eigenvalue weighted by Gasteiger charge is 2.35. The van der Waals surface area contributed by atoms with Gasteiger partial charge in [0.15, 0.2) is 0 Å². The van der Waals surface area contributed by atoms with Crippen molar-refractivity contribution in [3.05, 3.63) is 102 Å². The third-order valence-corrected chi connectivity index (χ3v) is 6.63. The minimum atomic E-state index is -0.533. The van der Waals surface area contributed by atoms with E-state index in [1.165, 1.54) is 29.2 Å². The van der Waals surface area contributed by atoms with Gasteiger partial charge in [-0.05, 0) is 60.7 Å². The van der Waals surface area contributed by atoms with Crippen LogP contribution < -0.4 is 5.32 Å². The average molecular weight is 503 g/mol. The molecular formula is C29H28F2N4O2. The van der Waals surface area contributed by atoms with Crippen LogP contribution in [0.4, 0.5) is 19.3 Å². The van der Waals surface area contributed by atoms with Crippen LogP contribution in [0.25, 0.3) is 10.9 Å². The Morgan fingerprint density at radius 2 is 1.68 bits per heavy atom. The number of carbonyl (C=O) groups excluding carboxylic acids is 2. The van der Waals surface area contributed by atoms with E-state index >= 15 is 0 Å².